The Morgan fingerprint density at radius 2 is 2.12 bits per heavy atom. The van der Waals surface area contributed by atoms with E-state index < -0.39 is 0 Å². The highest BCUT2D eigenvalue weighted by Crippen LogP contribution is 2.20. The van der Waals surface area contributed by atoms with Gasteiger partial charge in [-0.1, -0.05) is 0 Å². The first-order valence-electron chi connectivity index (χ1n) is 8.64. The first-order chi connectivity index (χ1) is 11.6. The van der Waals surface area contributed by atoms with Crippen molar-refractivity contribution in [2.75, 3.05) is 36.5 Å². The maximum Gasteiger partial charge on any atom is 0.253 e. The van der Waals surface area contributed by atoms with Crippen LogP contribution in [0, 0.1) is 6.92 Å². The lowest BCUT2D eigenvalue weighted by atomic mass is 10.1. The van der Waals surface area contributed by atoms with E-state index in [9.17, 15) is 9.59 Å². The number of anilines is 1. The Labute approximate surface area is 147 Å². The first kappa shape index (κ1) is 17.3. The summed E-state index contributed by atoms with van der Waals surface area (Å²) in [5, 5.41) is 6.31. The van der Waals surface area contributed by atoms with Crippen molar-refractivity contribution in [2.45, 2.75) is 32.2 Å². The van der Waals surface area contributed by atoms with Crippen LogP contribution in [0.1, 0.15) is 35.2 Å². The van der Waals surface area contributed by atoms with Gasteiger partial charge in [0.25, 0.3) is 5.91 Å². The van der Waals surface area contributed by atoms with Gasteiger partial charge in [-0.25, -0.2) is 0 Å². The Balaban J connectivity index is 1.61. The molecule has 2 fully saturated rings. The molecule has 0 saturated carbocycles. The highest BCUT2D eigenvalue weighted by molar-refractivity contribution is 7.99. The Morgan fingerprint density at radius 3 is 2.79 bits per heavy atom. The van der Waals surface area contributed by atoms with Crippen molar-refractivity contribution in [1.82, 2.24) is 10.2 Å². The highest BCUT2D eigenvalue weighted by Gasteiger charge is 2.20. The zero-order valence-corrected chi connectivity index (χ0v) is 15.0. The van der Waals surface area contributed by atoms with Gasteiger partial charge >= 0.3 is 0 Å². The maximum atomic E-state index is 12.5. The normalized spacial score (nSPS) is 20.9. The van der Waals surface area contributed by atoms with Gasteiger partial charge < -0.3 is 15.5 Å². The predicted octanol–water partition coefficient (Wildman–Crippen LogP) is 2.26. The highest BCUT2D eigenvalue weighted by atomic mass is 32.2. The molecule has 2 N–H and O–H groups in total. The number of carbonyl (C=O) groups excluding carboxylic acids is 2. The Hall–Kier alpha value is -1.53. The largest absolute Gasteiger partial charge is 0.337 e. The van der Waals surface area contributed by atoms with Crippen LogP contribution in [0.2, 0.25) is 0 Å². The molecule has 2 heterocycles. The van der Waals surface area contributed by atoms with E-state index in [1.54, 1.807) is 0 Å². The van der Waals surface area contributed by atoms with E-state index in [1.807, 2.05) is 41.8 Å². The van der Waals surface area contributed by atoms with Crippen LogP contribution in [0.4, 0.5) is 5.69 Å². The smallest absolute Gasteiger partial charge is 0.253 e. The Kier molecular flexibility index (Phi) is 5.79. The van der Waals surface area contributed by atoms with Crippen LogP contribution in [0.25, 0.3) is 0 Å². The summed E-state index contributed by atoms with van der Waals surface area (Å²) in [6.45, 7) is 4.57. The van der Waals surface area contributed by atoms with Gasteiger partial charge in [-0.05, 0) is 50.1 Å². The van der Waals surface area contributed by atoms with E-state index >= 15 is 0 Å². The SMILES string of the molecule is Cc1cc(C(=O)N2CCSCC2)ccc1NC(=O)CC1CCCN1. The molecule has 1 aromatic rings. The number of nitrogens with zero attached hydrogens (tertiary/aromatic N) is 1. The van der Waals surface area contributed by atoms with Gasteiger partial charge in [-0.2, -0.15) is 11.8 Å². The van der Waals surface area contributed by atoms with E-state index in [0.29, 0.717) is 18.0 Å². The van der Waals surface area contributed by atoms with Crippen LogP contribution in [-0.4, -0.2) is 53.9 Å². The number of aryl methyl sites for hydroxylation is 1. The monoisotopic (exact) mass is 347 g/mol. The Morgan fingerprint density at radius 1 is 1.33 bits per heavy atom. The lowest BCUT2D eigenvalue weighted by molar-refractivity contribution is -0.116. The molecule has 0 spiro atoms. The fourth-order valence-corrected chi connectivity index (χ4v) is 4.15. The average Bonchev–Trinajstić information content (AvgIpc) is 3.09. The number of rotatable bonds is 4. The molecule has 1 aromatic carbocycles. The van der Waals surface area contributed by atoms with Crippen LogP contribution in [-0.2, 0) is 4.79 Å². The molecule has 0 radical (unpaired) electrons. The van der Waals surface area contributed by atoms with Crippen molar-refractivity contribution < 1.29 is 9.59 Å². The number of benzene rings is 1. The second kappa shape index (κ2) is 8.03. The van der Waals surface area contributed by atoms with E-state index in [4.69, 9.17) is 0 Å². The van der Waals surface area contributed by atoms with Crippen molar-refractivity contribution in [1.29, 1.82) is 0 Å². The summed E-state index contributed by atoms with van der Waals surface area (Å²) in [5.41, 5.74) is 2.43. The van der Waals surface area contributed by atoms with E-state index in [0.717, 1.165) is 55.2 Å². The lowest BCUT2D eigenvalue weighted by Crippen LogP contribution is -2.37. The second-order valence-corrected chi connectivity index (χ2v) is 7.70. The third-order valence-corrected chi connectivity index (χ3v) is 5.58. The van der Waals surface area contributed by atoms with Crippen LogP contribution >= 0.6 is 11.8 Å². The molecule has 2 aliphatic rings. The minimum absolute atomic E-state index is 0.0321. The standard InChI is InChI=1S/C18H25N3O2S/c1-13-11-14(18(23)21-7-9-24-10-8-21)4-5-16(13)20-17(22)12-15-3-2-6-19-15/h4-5,11,15,19H,2-3,6-10,12H2,1H3,(H,20,22). The second-order valence-electron chi connectivity index (χ2n) is 6.48. The number of thioether (sulfide) groups is 1. The van der Waals surface area contributed by atoms with Gasteiger partial charge in [0.1, 0.15) is 0 Å². The fraction of sp³-hybridized carbons (Fsp3) is 0.556. The van der Waals surface area contributed by atoms with Crippen molar-refractivity contribution in [3.05, 3.63) is 29.3 Å². The molecule has 6 heteroatoms. The summed E-state index contributed by atoms with van der Waals surface area (Å²) < 4.78 is 0. The third kappa shape index (κ3) is 4.30. The summed E-state index contributed by atoms with van der Waals surface area (Å²) in [5.74, 6) is 2.14. The zero-order chi connectivity index (χ0) is 16.9. The first-order valence-corrected chi connectivity index (χ1v) is 9.80. The number of carbonyl (C=O) groups is 2. The average molecular weight is 347 g/mol. The van der Waals surface area contributed by atoms with Gasteiger partial charge in [-0.3, -0.25) is 9.59 Å². The molecule has 24 heavy (non-hydrogen) atoms. The van der Waals surface area contributed by atoms with Gasteiger partial charge in [0.2, 0.25) is 5.91 Å². The predicted molar refractivity (Wildman–Crippen MR) is 98.7 cm³/mol. The molecule has 1 atom stereocenters. The summed E-state index contributed by atoms with van der Waals surface area (Å²) in [6.07, 6.45) is 2.71. The maximum absolute atomic E-state index is 12.5. The van der Waals surface area contributed by atoms with Crippen molar-refractivity contribution in [3.8, 4) is 0 Å². The topological polar surface area (TPSA) is 61.4 Å². The number of hydrogen-bond donors (Lipinski definition) is 2. The zero-order valence-electron chi connectivity index (χ0n) is 14.1. The van der Waals surface area contributed by atoms with Gasteiger partial charge in [-0.15, -0.1) is 0 Å². The number of amides is 2. The molecule has 3 rings (SSSR count). The molecule has 2 saturated heterocycles. The summed E-state index contributed by atoms with van der Waals surface area (Å²) in [7, 11) is 0. The molecule has 0 bridgehead atoms. The van der Waals surface area contributed by atoms with Crippen molar-refractivity contribution in [2.24, 2.45) is 0 Å². The van der Waals surface area contributed by atoms with Gasteiger partial charge in [0.15, 0.2) is 0 Å². The van der Waals surface area contributed by atoms with Crippen LogP contribution in [0.15, 0.2) is 18.2 Å². The molecule has 5 nitrogen and oxygen atoms in total. The minimum atomic E-state index is 0.0321. The number of hydrogen-bond acceptors (Lipinski definition) is 4. The molecule has 130 valence electrons. The fourth-order valence-electron chi connectivity index (χ4n) is 3.24. The molecule has 0 aromatic heterocycles. The lowest BCUT2D eigenvalue weighted by Gasteiger charge is -2.26. The summed E-state index contributed by atoms with van der Waals surface area (Å²) >= 11 is 1.89. The van der Waals surface area contributed by atoms with Gasteiger partial charge in [0, 0.05) is 48.3 Å². The summed E-state index contributed by atoms with van der Waals surface area (Å²) in [4.78, 5) is 26.6. The van der Waals surface area contributed by atoms with Crippen LogP contribution in [0.5, 0.6) is 0 Å². The molecule has 2 aliphatic heterocycles. The van der Waals surface area contributed by atoms with Crippen LogP contribution < -0.4 is 10.6 Å². The molecular formula is C18H25N3O2S. The van der Waals surface area contributed by atoms with Crippen LogP contribution in [0.3, 0.4) is 0 Å². The molecule has 2 amide bonds. The molecule has 1 unspecified atom stereocenters. The van der Waals surface area contributed by atoms with Gasteiger partial charge in [0.05, 0.1) is 0 Å². The quantitative estimate of drug-likeness (QED) is 0.877. The van der Waals surface area contributed by atoms with Crippen molar-refractivity contribution in [3.63, 3.8) is 0 Å². The van der Waals surface area contributed by atoms with E-state index in [2.05, 4.69) is 10.6 Å². The van der Waals surface area contributed by atoms with Crippen molar-refractivity contribution >= 4 is 29.3 Å². The minimum Gasteiger partial charge on any atom is -0.337 e. The number of nitrogens with one attached hydrogen (secondary N) is 2. The van der Waals surface area contributed by atoms with E-state index in [-0.39, 0.29) is 11.8 Å². The molecule has 0 aliphatic carbocycles. The van der Waals surface area contributed by atoms with E-state index in [1.165, 1.54) is 0 Å². The molecular weight excluding hydrogens is 322 g/mol. The summed E-state index contributed by atoms with van der Waals surface area (Å²) in [6, 6.07) is 5.85. The third-order valence-electron chi connectivity index (χ3n) is 4.64. The Bertz CT molecular complexity index is 608.